The molecule has 0 radical (unpaired) electrons. The zero-order chi connectivity index (χ0) is 13.6. The van der Waals surface area contributed by atoms with Gasteiger partial charge in [0.25, 0.3) is 0 Å². The van der Waals surface area contributed by atoms with Crippen LogP contribution in [-0.2, 0) is 11.2 Å². The van der Waals surface area contributed by atoms with Crippen LogP contribution in [-0.4, -0.2) is 17.1 Å². The number of rotatable bonds is 2. The molecule has 1 aromatic carbocycles. The summed E-state index contributed by atoms with van der Waals surface area (Å²) in [4.78, 5) is 24.2. The topological polar surface area (TPSA) is 48.3 Å². The lowest BCUT2D eigenvalue weighted by atomic mass is 10.1. The summed E-state index contributed by atoms with van der Waals surface area (Å²) in [5.41, 5.74) is 2.01. The van der Waals surface area contributed by atoms with E-state index in [0.717, 1.165) is 17.5 Å². The van der Waals surface area contributed by atoms with Gasteiger partial charge in [0.2, 0.25) is 5.43 Å². The summed E-state index contributed by atoms with van der Waals surface area (Å²) in [6.45, 7) is 4.08. The maximum absolute atomic E-state index is 12.4. The van der Waals surface area contributed by atoms with E-state index in [-0.39, 0.29) is 23.6 Å². The molecular formula is C15H15NO3. The van der Waals surface area contributed by atoms with Gasteiger partial charge in [0, 0.05) is 17.6 Å². The van der Waals surface area contributed by atoms with E-state index in [1.807, 2.05) is 16.7 Å². The van der Waals surface area contributed by atoms with E-state index < -0.39 is 5.97 Å². The van der Waals surface area contributed by atoms with Crippen molar-refractivity contribution in [1.29, 1.82) is 0 Å². The second-order valence-corrected chi connectivity index (χ2v) is 4.87. The second-order valence-electron chi connectivity index (χ2n) is 4.87. The molecule has 0 saturated heterocycles. The van der Waals surface area contributed by atoms with Gasteiger partial charge in [0.05, 0.1) is 12.1 Å². The Hall–Kier alpha value is -2.10. The van der Waals surface area contributed by atoms with Crippen molar-refractivity contribution >= 4 is 16.9 Å². The minimum Gasteiger partial charge on any atom is -0.462 e. The van der Waals surface area contributed by atoms with Gasteiger partial charge in [0.15, 0.2) is 0 Å². The first kappa shape index (κ1) is 12.0. The highest BCUT2D eigenvalue weighted by Gasteiger charge is 2.24. The molecule has 0 spiro atoms. The average Bonchev–Trinajstić information content (AvgIpc) is 2.71. The first-order valence-electron chi connectivity index (χ1n) is 6.47. The van der Waals surface area contributed by atoms with Gasteiger partial charge in [-0.05, 0) is 31.9 Å². The summed E-state index contributed by atoms with van der Waals surface area (Å²) in [6, 6.07) is 5.94. The third-order valence-electron chi connectivity index (χ3n) is 3.62. The molecule has 0 aliphatic carbocycles. The largest absolute Gasteiger partial charge is 0.462 e. The molecule has 1 aliphatic heterocycles. The lowest BCUT2D eigenvalue weighted by Gasteiger charge is -2.11. The van der Waals surface area contributed by atoms with Crippen LogP contribution in [0.4, 0.5) is 0 Å². The fourth-order valence-electron chi connectivity index (χ4n) is 2.77. The Labute approximate surface area is 110 Å². The minimum atomic E-state index is -0.539. The number of aromatic nitrogens is 1. The predicted octanol–water partition coefficient (Wildman–Crippen LogP) is 2.30. The molecule has 0 fully saturated rings. The molecule has 0 bridgehead atoms. The molecule has 4 nitrogen and oxygen atoms in total. The number of hydrogen-bond donors (Lipinski definition) is 0. The van der Waals surface area contributed by atoms with Crippen LogP contribution in [0.2, 0.25) is 0 Å². The SMILES string of the molecule is CCOC(=O)c1cn2c3c(cccc3c1=O)C[C@@H]2C. The maximum atomic E-state index is 12.4. The fraction of sp³-hybridized carbons (Fsp3) is 0.333. The van der Waals surface area contributed by atoms with Crippen molar-refractivity contribution in [3.05, 3.63) is 45.7 Å². The van der Waals surface area contributed by atoms with Gasteiger partial charge in [-0.2, -0.15) is 0 Å². The fourth-order valence-corrected chi connectivity index (χ4v) is 2.77. The molecule has 19 heavy (non-hydrogen) atoms. The van der Waals surface area contributed by atoms with Gasteiger partial charge in [-0.15, -0.1) is 0 Å². The predicted molar refractivity (Wildman–Crippen MR) is 72.6 cm³/mol. The summed E-state index contributed by atoms with van der Waals surface area (Å²) in [6.07, 6.45) is 2.53. The van der Waals surface area contributed by atoms with E-state index in [9.17, 15) is 9.59 Å². The molecule has 98 valence electrons. The Kier molecular flexibility index (Phi) is 2.66. The van der Waals surface area contributed by atoms with Crippen LogP contribution in [0.15, 0.2) is 29.2 Å². The van der Waals surface area contributed by atoms with E-state index in [1.165, 1.54) is 0 Å². The summed E-state index contributed by atoms with van der Waals surface area (Å²) < 4.78 is 6.97. The zero-order valence-corrected chi connectivity index (χ0v) is 11.0. The molecule has 0 amide bonds. The number of pyridine rings is 1. The quantitative estimate of drug-likeness (QED) is 0.775. The third-order valence-corrected chi connectivity index (χ3v) is 3.62. The van der Waals surface area contributed by atoms with Gasteiger partial charge >= 0.3 is 5.97 Å². The Balaban J connectivity index is 2.33. The van der Waals surface area contributed by atoms with Crippen molar-refractivity contribution in [3.8, 4) is 0 Å². The highest BCUT2D eigenvalue weighted by molar-refractivity contribution is 5.95. The number of carbonyl (C=O) groups is 1. The Bertz CT molecular complexity index is 730. The van der Waals surface area contributed by atoms with Crippen molar-refractivity contribution < 1.29 is 9.53 Å². The standard InChI is InChI=1S/C15H15NO3/c1-3-19-15(18)12-8-16-9(2)7-10-5-4-6-11(13(10)16)14(12)17/h4-6,8-9H,3,7H2,1-2H3/t9-/m0/s1. The van der Waals surface area contributed by atoms with Gasteiger partial charge in [-0.3, -0.25) is 4.79 Å². The molecule has 4 heteroatoms. The number of carbonyl (C=O) groups excluding carboxylic acids is 1. The third kappa shape index (κ3) is 1.67. The van der Waals surface area contributed by atoms with Crippen LogP contribution in [0.1, 0.15) is 35.8 Å². The van der Waals surface area contributed by atoms with Crippen molar-refractivity contribution in [2.75, 3.05) is 6.61 Å². The number of benzene rings is 1. The molecule has 3 rings (SSSR count). The number of esters is 1. The number of hydrogen-bond acceptors (Lipinski definition) is 3. The van der Waals surface area contributed by atoms with E-state index in [4.69, 9.17) is 4.74 Å². The van der Waals surface area contributed by atoms with E-state index in [2.05, 4.69) is 6.92 Å². The first-order valence-corrected chi connectivity index (χ1v) is 6.47. The minimum absolute atomic E-state index is 0.125. The van der Waals surface area contributed by atoms with Crippen LogP contribution >= 0.6 is 0 Å². The molecule has 1 aromatic heterocycles. The summed E-state index contributed by atoms with van der Waals surface area (Å²) >= 11 is 0. The number of nitrogens with zero attached hydrogens (tertiary/aromatic N) is 1. The van der Waals surface area contributed by atoms with Crippen LogP contribution in [0, 0.1) is 0 Å². The van der Waals surface area contributed by atoms with Gasteiger partial charge in [0.1, 0.15) is 5.56 Å². The molecule has 2 heterocycles. The number of ether oxygens (including phenoxy) is 1. The Morgan fingerprint density at radius 2 is 2.26 bits per heavy atom. The van der Waals surface area contributed by atoms with Crippen molar-refractivity contribution in [2.45, 2.75) is 26.3 Å². The van der Waals surface area contributed by atoms with Crippen molar-refractivity contribution in [1.82, 2.24) is 4.57 Å². The Morgan fingerprint density at radius 3 is 3.00 bits per heavy atom. The molecule has 1 atom stereocenters. The maximum Gasteiger partial charge on any atom is 0.343 e. The van der Waals surface area contributed by atoms with Crippen LogP contribution in [0.25, 0.3) is 10.9 Å². The van der Waals surface area contributed by atoms with E-state index in [0.29, 0.717) is 5.39 Å². The van der Waals surface area contributed by atoms with Crippen LogP contribution < -0.4 is 5.43 Å². The zero-order valence-electron chi connectivity index (χ0n) is 11.0. The van der Waals surface area contributed by atoms with Crippen LogP contribution in [0.5, 0.6) is 0 Å². The van der Waals surface area contributed by atoms with Gasteiger partial charge < -0.3 is 9.30 Å². The Morgan fingerprint density at radius 1 is 1.47 bits per heavy atom. The first-order chi connectivity index (χ1) is 9.13. The van der Waals surface area contributed by atoms with Gasteiger partial charge in [-0.25, -0.2) is 4.79 Å². The van der Waals surface area contributed by atoms with Gasteiger partial charge in [-0.1, -0.05) is 12.1 Å². The molecule has 2 aromatic rings. The lowest BCUT2D eigenvalue weighted by molar-refractivity contribution is 0.0524. The lowest BCUT2D eigenvalue weighted by Crippen LogP contribution is -2.20. The van der Waals surface area contributed by atoms with E-state index >= 15 is 0 Å². The normalized spacial score (nSPS) is 16.8. The molecule has 0 unspecified atom stereocenters. The molecule has 0 saturated carbocycles. The van der Waals surface area contributed by atoms with Crippen molar-refractivity contribution in [2.24, 2.45) is 0 Å². The number of para-hydroxylation sites is 1. The summed E-state index contributed by atoms with van der Waals surface area (Å²) in [7, 11) is 0. The highest BCUT2D eigenvalue weighted by Crippen LogP contribution is 2.30. The molecular weight excluding hydrogens is 242 g/mol. The second kappa shape index (κ2) is 4.23. The average molecular weight is 257 g/mol. The molecule has 1 aliphatic rings. The van der Waals surface area contributed by atoms with E-state index in [1.54, 1.807) is 19.2 Å². The summed E-state index contributed by atoms with van der Waals surface area (Å²) in [5, 5.41) is 0.604. The van der Waals surface area contributed by atoms with Crippen molar-refractivity contribution in [3.63, 3.8) is 0 Å². The monoisotopic (exact) mass is 257 g/mol. The highest BCUT2D eigenvalue weighted by atomic mass is 16.5. The summed E-state index contributed by atoms with van der Waals surface area (Å²) in [5.74, 6) is -0.539. The van der Waals surface area contributed by atoms with Crippen LogP contribution in [0.3, 0.4) is 0 Å². The smallest absolute Gasteiger partial charge is 0.343 e. The molecule has 0 N–H and O–H groups in total.